The monoisotopic (exact) mass is 398 g/mol. The fraction of sp³-hybridized carbons (Fsp3) is 0.375. The molecule has 1 N–H and O–H groups in total. The Morgan fingerprint density at radius 2 is 2.04 bits per heavy atom. The first-order chi connectivity index (χ1) is 12.0. The number of thiazole rings is 1. The lowest BCUT2D eigenvalue weighted by molar-refractivity contribution is 0.0241. The van der Waals surface area contributed by atoms with Crippen molar-refractivity contribution in [1.29, 1.82) is 0 Å². The quantitative estimate of drug-likeness (QED) is 0.730. The molecule has 6 nitrogen and oxygen atoms in total. The third-order valence-electron chi connectivity index (χ3n) is 4.22. The van der Waals surface area contributed by atoms with Gasteiger partial charge in [0.15, 0.2) is 0 Å². The fourth-order valence-corrected chi connectivity index (χ4v) is 4.75. The molecule has 1 unspecified atom stereocenters. The van der Waals surface area contributed by atoms with E-state index in [4.69, 9.17) is 27.9 Å². The first-order valence-corrected chi connectivity index (χ1v) is 9.43. The van der Waals surface area contributed by atoms with Gasteiger partial charge in [0.05, 0.1) is 24.1 Å². The van der Waals surface area contributed by atoms with E-state index >= 15 is 0 Å². The van der Waals surface area contributed by atoms with Gasteiger partial charge in [0.2, 0.25) is 10.8 Å². The van der Waals surface area contributed by atoms with Gasteiger partial charge in [-0.05, 0) is 24.6 Å². The number of ether oxygens (including phenoxy) is 1. The van der Waals surface area contributed by atoms with E-state index in [1.54, 1.807) is 13.0 Å². The van der Waals surface area contributed by atoms with Crippen LogP contribution >= 0.6 is 34.5 Å². The number of hydrogen-bond acceptors (Lipinski definition) is 6. The Morgan fingerprint density at radius 3 is 2.72 bits per heavy atom. The van der Waals surface area contributed by atoms with Crippen LogP contribution in [-0.2, 0) is 4.74 Å². The zero-order chi connectivity index (χ0) is 17.6. The number of hydrogen-bond donors (Lipinski definition) is 1. The zero-order valence-corrected chi connectivity index (χ0v) is 15.8. The van der Waals surface area contributed by atoms with Crippen LogP contribution < -0.4 is 0 Å². The molecule has 0 aliphatic carbocycles. The number of nitrogens with zero attached hydrogens (tertiary/aromatic N) is 4. The predicted octanol–water partition coefficient (Wildman–Crippen LogP) is 3.53. The molecule has 1 fully saturated rings. The largest absolute Gasteiger partial charge is 0.492 e. The van der Waals surface area contributed by atoms with E-state index in [-0.39, 0.29) is 11.9 Å². The van der Waals surface area contributed by atoms with Crippen molar-refractivity contribution in [2.45, 2.75) is 13.0 Å². The van der Waals surface area contributed by atoms with Crippen molar-refractivity contribution >= 4 is 39.5 Å². The van der Waals surface area contributed by atoms with Crippen LogP contribution in [-0.4, -0.2) is 50.9 Å². The highest BCUT2D eigenvalue weighted by atomic mass is 35.5. The average molecular weight is 399 g/mol. The minimum absolute atomic E-state index is 0.100. The van der Waals surface area contributed by atoms with Gasteiger partial charge in [0.25, 0.3) is 0 Å². The maximum Gasteiger partial charge on any atom is 0.230 e. The van der Waals surface area contributed by atoms with Crippen molar-refractivity contribution in [3.8, 4) is 5.88 Å². The molecule has 1 aliphatic rings. The number of morpholine rings is 1. The van der Waals surface area contributed by atoms with Crippen LogP contribution in [0.15, 0.2) is 18.2 Å². The molecule has 1 aromatic carbocycles. The van der Waals surface area contributed by atoms with Crippen LogP contribution in [0.1, 0.15) is 22.3 Å². The summed E-state index contributed by atoms with van der Waals surface area (Å²) in [6, 6.07) is 5.24. The lowest BCUT2D eigenvalue weighted by Crippen LogP contribution is -2.39. The van der Waals surface area contributed by atoms with Gasteiger partial charge in [0, 0.05) is 23.1 Å². The van der Waals surface area contributed by atoms with E-state index in [1.165, 1.54) is 15.9 Å². The van der Waals surface area contributed by atoms with E-state index in [0.29, 0.717) is 34.0 Å². The molecule has 3 heterocycles. The summed E-state index contributed by atoms with van der Waals surface area (Å²) in [6.45, 7) is 4.57. The van der Waals surface area contributed by atoms with E-state index in [2.05, 4.69) is 15.0 Å². The number of aromatic nitrogens is 3. The van der Waals surface area contributed by atoms with Crippen molar-refractivity contribution in [1.82, 2.24) is 19.5 Å². The summed E-state index contributed by atoms with van der Waals surface area (Å²) >= 11 is 14.0. The summed E-state index contributed by atoms with van der Waals surface area (Å²) < 4.78 is 6.95. The Bertz CT molecular complexity index is 920. The van der Waals surface area contributed by atoms with Crippen LogP contribution in [0, 0.1) is 6.92 Å². The number of halogens is 2. The highest BCUT2D eigenvalue weighted by Gasteiger charge is 2.31. The molecule has 0 radical (unpaired) electrons. The van der Waals surface area contributed by atoms with Crippen molar-refractivity contribution in [2.75, 3.05) is 26.3 Å². The van der Waals surface area contributed by atoms with Crippen molar-refractivity contribution < 1.29 is 9.84 Å². The van der Waals surface area contributed by atoms with Crippen LogP contribution in [0.5, 0.6) is 5.88 Å². The Balaban J connectivity index is 1.86. The normalized spacial score (nSPS) is 17.2. The van der Waals surface area contributed by atoms with E-state index < -0.39 is 0 Å². The predicted molar refractivity (Wildman–Crippen MR) is 98.0 cm³/mol. The maximum absolute atomic E-state index is 10.8. The zero-order valence-electron chi connectivity index (χ0n) is 13.4. The summed E-state index contributed by atoms with van der Waals surface area (Å²) in [6.07, 6.45) is 0. The second-order valence-corrected chi connectivity index (χ2v) is 7.71. The Labute approximate surface area is 158 Å². The highest BCUT2D eigenvalue weighted by molar-refractivity contribution is 7.17. The van der Waals surface area contributed by atoms with Gasteiger partial charge in [-0.3, -0.25) is 4.90 Å². The molecule has 0 spiro atoms. The van der Waals surface area contributed by atoms with Gasteiger partial charge in [-0.2, -0.15) is 4.52 Å². The van der Waals surface area contributed by atoms with Gasteiger partial charge >= 0.3 is 0 Å². The van der Waals surface area contributed by atoms with Crippen LogP contribution in [0.3, 0.4) is 0 Å². The number of rotatable bonds is 3. The second-order valence-electron chi connectivity index (χ2n) is 5.86. The van der Waals surface area contributed by atoms with Crippen molar-refractivity contribution in [2.24, 2.45) is 0 Å². The molecular weight excluding hydrogens is 383 g/mol. The first kappa shape index (κ1) is 17.1. The minimum atomic E-state index is -0.206. The summed E-state index contributed by atoms with van der Waals surface area (Å²) in [5.74, 6) is 0.726. The van der Waals surface area contributed by atoms with E-state index in [1.807, 2.05) is 12.1 Å². The van der Waals surface area contributed by atoms with Crippen LogP contribution in [0.4, 0.5) is 0 Å². The Hall–Kier alpha value is -1.38. The molecule has 3 aromatic rings. The molecule has 1 aliphatic heterocycles. The lowest BCUT2D eigenvalue weighted by atomic mass is 10.0. The number of aryl methyl sites for hydroxylation is 1. The standard InChI is InChI=1S/C16H16Cl2N4O2S/c1-9-19-16-22(20-9)15(23)14(25-16)13(21-4-6-24-7-5-21)11-3-2-10(17)8-12(11)18/h2-3,8,13,23H,4-7H2,1H3. The SMILES string of the molecule is Cc1nc2sc(C(c3ccc(Cl)cc3Cl)N3CCOCC3)c(O)n2n1. The molecule has 1 atom stereocenters. The molecule has 2 aromatic heterocycles. The van der Waals surface area contributed by atoms with E-state index in [0.717, 1.165) is 23.5 Å². The topological polar surface area (TPSA) is 62.9 Å². The summed E-state index contributed by atoms with van der Waals surface area (Å²) in [4.78, 5) is 8.04. The van der Waals surface area contributed by atoms with Crippen LogP contribution in [0.25, 0.3) is 4.96 Å². The molecule has 25 heavy (non-hydrogen) atoms. The van der Waals surface area contributed by atoms with Gasteiger partial charge in [0.1, 0.15) is 5.82 Å². The number of fused-ring (bicyclic) bond motifs is 1. The van der Waals surface area contributed by atoms with Gasteiger partial charge in [-0.1, -0.05) is 40.6 Å². The van der Waals surface area contributed by atoms with E-state index in [9.17, 15) is 5.11 Å². The summed E-state index contributed by atoms with van der Waals surface area (Å²) in [5, 5.41) is 16.2. The summed E-state index contributed by atoms with van der Waals surface area (Å²) in [7, 11) is 0. The minimum Gasteiger partial charge on any atom is -0.492 e. The molecule has 132 valence electrons. The molecule has 0 saturated carbocycles. The highest BCUT2D eigenvalue weighted by Crippen LogP contribution is 2.42. The van der Waals surface area contributed by atoms with Gasteiger partial charge in [-0.15, -0.1) is 5.10 Å². The molecule has 9 heteroatoms. The third kappa shape index (κ3) is 3.11. The Kier molecular flexibility index (Phi) is 4.59. The second kappa shape index (κ2) is 6.74. The van der Waals surface area contributed by atoms with Crippen molar-refractivity contribution in [3.05, 3.63) is 44.5 Å². The van der Waals surface area contributed by atoms with Crippen LogP contribution in [0.2, 0.25) is 10.0 Å². The smallest absolute Gasteiger partial charge is 0.230 e. The average Bonchev–Trinajstić information content (AvgIpc) is 3.09. The third-order valence-corrected chi connectivity index (χ3v) is 5.86. The first-order valence-electron chi connectivity index (χ1n) is 7.86. The van der Waals surface area contributed by atoms with Crippen molar-refractivity contribution in [3.63, 3.8) is 0 Å². The molecule has 0 bridgehead atoms. The molecular formula is C16H16Cl2N4O2S. The molecule has 1 saturated heterocycles. The molecule has 4 rings (SSSR count). The molecule has 0 amide bonds. The maximum atomic E-state index is 10.8. The number of benzene rings is 1. The van der Waals surface area contributed by atoms with Gasteiger partial charge < -0.3 is 9.84 Å². The van der Waals surface area contributed by atoms with Gasteiger partial charge in [-0.25, -0.2) is 4.98 Å². The lowest BCUT2D eigenvalue weighted by Gasteiger charge is -2.34. The fourth-order valence-electron chi connectivity index (χ4n) is 3.09. The number of aromatic hydroxyl groups is 1. The Morgan fingerprint density at radius 1 is 1.28 bits per heavy atom. The summed E-state index contributed by atoms with van der Waals surface area (Å²) in [5.41, 5.74) is 0.893.